The van der Waals surface area contributed by atoms with Gasteiger partial charge in [-0.3, -0.25) is 0 Å². The van der Waals surface area contributed by atoms with Crippen molar-refractivity contribution < 1.29 is 14.6 Å². The first kappa shape index (κ1) is 17.5. The van der Waals surface area contributed by atoms with E-state index in [-0.39, 0.29) is 5.75 Å². The summed E-state index contributed by atoms with van der Waals surface area (Å²) in [7, 11) is 3.11. The largest absolute Gasteiger partial charge is 0.504 e. The van der Waals surface area contributed by atoms with Gasteiger partial charge in [0.05, 0.1) is 25.5 Å². The molecule has 0 bridgehead atoms. The van der Waals surface area contributed by atoms with Gasteiger partial charge in [0.1, 0.15) is 16.8 Å². The monoisotopic (exact) mass is 364 g/mol. The van der Waals surface area contributed by atoms with Crippen LogP contribution in [-0.2, 0) is 0 Å². The van der Waals surface area contributed by atoms with Gasteiger partial charge in [0.2, 0.25) is 0 Å². The molecular formula is C20H16N2O3S. The molecule has 0 atom stereocenters. The number of benzene rings is 2. The Labute approximate surface area is 155 Å². The quantitative estimate of drug-likeness (QED) is 0.670. The smallest absolute Gasteiger partial charge is 0.161 e. The van der Waals surface area contributed by atoms with Crippen LogP contribution >= 0.6 is 11.3 Å². The second-order valence-corrected chi connectivity index (χ2v) is 6.23. The number of thiazole rings is 1. The highest BCUT2D eigenvalue weighted by Gasteiger charge is 2.10. The summed E-state index contributed by atoms with van der Waals surface area (Å²) in [5, 5.41) is 21.7. The zero-order chi connectivity index (χ0) is 18.5. The number of phenols is 1. The molecule has 5 nitrogen and oxygen atoms in total. The lowest BCUT2D eigenvalue weighted by Crippen LogP contribution is -1.86. The summed E-state index contributed by atoms with van der Waals surface area (Å²) in [6.07, 6.45) is 1.72. The summed E-state index contributed by atoms with van der Waals surface area (Å²) in [4.78, 5) is 4.57. The molecule has 130 valence electrons. The van der Waals surface area contributed by atoms with E-state index in [1.807, 2.05) is 29.6 Å². The molecule has 0 fully saturated rings. The van der Waals surface area contributed by atoms with E-state index in [0.29, 0.717) is 16.3 Å². The van der Waals surface area contributed by atoms with Gasteiger partial charge in [0.25, 0.3) is 0 Å². The van der Waals surface area contributed by atoms with Crippen LogP contribution in [0.1, 0.15) is 10.6 Å². The van der Waals surface area contributed by atoms with E-state index in [4.69, 9.17) is 9.47 Å². The molecule has 26 heavy (non-hydrogen) atoms. The lowest BCUT2D eigenvalue weighted by Gasteiger charge is -2.04. The molecule has 2 aromatic carbocycles. The van der Waals surface area contributed by atoms with Crippen molar-refractivity contribution in [2.45, 2.75) is 0 Å². The Morgan fingerprint density at radius 1 is 1.15 bits per heavy atom. The number of allylic oxidation sites excluding steroid dienone is 1. The summed E-state index contributed by atoms with van der Waals surface area (Å²) < 4.78 is 10.3. The summed E-state index contributed by atoms with van der Waals surface area (Å²) in [6.45, 7) is 0. The summed E-state index contributed by atoms with van der Waals surface area (Å²) in [5.41, 5.74) is 2.95. The minimum absolute atomic E-state index is 0.0548. The maximum absolute atomic E-state index is 9.68. The van der Waals surface area contributed by atoms with Crippen molar-refractivity contribution in [2.24, 2.45) is 0 Å². The number of rotatable bonds is 5. The summed E-state index contributed by atoms with van der Waals surface area (Å²) in [5.74, 6) is 1.19. The van der Waals surface area contributed by atoms with Crippen LogP contribution in [-0.4, -0.2) is 24.3 Å². The molecule has 0 amide bonds. The summed E-state index contributed by atoms with van der Waals surface area (Å²) in [6, 6.07) is 14.7. The predicted molar refractivity (Wildman–Crippen MR) is 102 cm³/mol. The van der Waals surface area contributed by atoms with E-state index in [1.54, 1.807) is 25.3 Å². The minimum atomic E-state index is 0.0548. The molecule has 0 radical (unpaired) electrons. The first-order valence-electron chi connectivity index (χ1n) is 7.73. The Morgan fingerprint density at radius 2 is 1.92 bits per heavy atom. The van der Waals surface area contributed by atoms with Gasteiger partial charge in [-0.1, -0.05) is 6.07 Å². The van der Waals surface area contributed by atoms with Crippen LogP contribution in [0, 0.1) is 11.3 Å². The Balaban J connectivity index is 1.91. The SMILES string of the molecule is COc1ccc(-c2csc(/C(C#N)=C/c3ccc(O)c(OC)c3)n2)cc1. The third-order valence-corrected chi connectivity index (χ3v) is 4.63. The van der Waals surface area contributed by atoms with E-state index < -0.39 is 0 Å². The van der Waals surface area contributed by atoms with Gasteiger partial charge in [-0.2, -0.15) is 5.26 Å². The van der Waals surface area contributed by atoms with Gasteiger partial charge in [-0.05, 0) is 48.0 Å². The molecular weight excluding hydrogens is 348 g/mol. The van der Waals surface area contributed by atoms with E-state index >= 15 is 0 Å². The highest BCUT2D eigenvalue weighted by atomic mass is 32.1. The van der Waals surface area contributed by atoms with Crippen LogP contribution in [0.4, 0.5) is 0 Å². The molecule has 1 N–H and O–H groups in total. The van der Waals surface area contributed by atoms with E-state index in [9.17, 15) is 10.4 Å². The molecule has 0 aliphatic carbocycles. The zero-order valence-electron chi connectivity index (χ0n) is 14.3. The van der Waals surface area contributed by atoms with Crippen molar-refractivity contribution in [3.05, 3.63) is 58.4 Å². The van der Waals surface area contributed by atoms with Crippen LogP contribution in [0.2, 0.25) is 0 Å². The van der Waals surface area contributed by atoms with Gasteiger partial charge in [0.15, 0.2) is 11.5 Å². The molecule has 3 rings (SSSR count). The lowest BCUT2D eigenvalue weighted by atomic mass is 10.1. The molecule has 3 aromatic rings. The van der Waals surface area contributed by atoms with E-state index in [1.165, 1.54) is 24.5 Å². The molecule has 0 aliphatic rings. The molecule has 0 saturated heterocycles. The van der Waals surface area contributed by atoms with Crippen molar-refractivity contribution in [2.75, 3.05) is 14.2 Å². The first-order valence-corrected chi connectivity index (χ1v) is 8.61. The third kappa shape index (κ3) is 3.68. The molecule has 1 aromatic heterocycles. The number of aromatic nitrogens is 1. The normalized spacial score (nSPS) is 11.0. The highest BCUT2D eigenvalue weighted by molar-refractivity contribution is 7.11. The Bertz CT molecular complexity index is 985. The number of aromatic hydroxyl groups is 1. The Kier molecular flexibility index (Phi) is 5.20. The van der Waals surface area contributed by atoms with Crippen LogP contribution < -0.4 is 9.47 Å². The third-order valence-electron chi connectivity index (χ3n) is 3.76. The zero-order valence-corrected chi connectivity index (χ0v) is 15.1. The maximum Gasteiger partial charge on any atom is 0.161 e. The average Bonchev–Trinajstić information content (AvgIpc) is 3.17. The van der Waals surface area contributed by atoms with Gasteiger partial charge in [-0.25, -0.2) is 4.98 Å². The lowest BCUT2D eigenvalue weighted by molar-refractivity contribution is 0.373. The predicted octanol–water partition coefficient (Wildman–Crippen LogP) is 4.60. The fourth-order valence-corrected chi connectivity index (χ4v) is 3.18. The number of hydrogen-bond acceptors (Lipinski definition) is 6. The standard InChI is InChI=1S/C20H16N2O3S/c1-24-16-6-4-14(5-7-16)17-12-26-20(22-17)15(11-21)9-13-3-8-18(23)19(10-13)25-2/h3-10,12,23H,1-2H3/b15-9+. The van der Waals surface area contributed by atoms with Gasteiger partial charge in [-0.15, -0.1) is 11.3 Å². The van der Waals surface area contributed by atoms with E-state index in [2.05, 4.69) is 11.1 Å². The molecule has 0 aliphatic heterocycles. The number of nitrogens with zero attached hydrogens (tertiary/aromatic N) is 2. The van der Waals surface area contributed by atoms with Gasteiger partial charge < -0.3 is 14.6 Å². The van der Waals surface area contributed by atoms with Crippen LogP contribution in [0.15, 0.2) is 47.8 Å². The molecule has 0 saturated carbocycles. The topological polar surface area (TPSA) is 75.4 Å². The van der Waals surface area contributed by atoms with Gasteiger partial charge in [0, 0.05) is 10.9 Å². The molecule has 0 spiro atoms. The molecule has 1 heterocycles. The Morgan fingerprint density at radius 3 is 2.58 bits per heavy atom. The summed E-state index contributed by atoms with van der Waals surface area (Å²) >= 11 is 1.41. The number of ether oxygens (including phenoxy) is 2. The van der Waals surface area contributed by atoms with Crippen LogP contribution in [0.25, 0.3) is 22.9 Å². The second kappa shape index (κ2) is 7.72. The number of phenolic OH excluding ortho intramolecular Hbond substituents is 1. The first-order chi connectivity index (χ1) is 12.6. The van der Waals surface area contributed by atoms with Crippen molar-refractivity contribution in [3.8, 4) is 34.6 Å². The van der Waals surface area contributed by atoms with Crippen molar-refractivity contribution in [3.63, 3.8) is 0 Å². The van der Waals surface area contributed by atoms with Gasteiger partial charge >= 0.3 is 0 Å². The average molecular weight is 364 g/mol. The van der Waals surface area contributed by atoms with Crippen molar-refractivity contribution in [1.29, 1.82) is 5.26 Å². The Hall–Kier alpha value is -3.30. The highest BCUT2D eigenvalue weighted by Crippen LogP contribution is 2.30. The van der Waals surface area contributed by atoms with Crippen molar-refractivity contribution >= 4 is 23.0 Å². The van der Waals surface area contributed by atoms with Crippen molar-refractivity contribution in [1.82, 2.24) is 4.98 Å². The minimum Gasteiger partial charge on any atom is -0.504 e. The van der Waals surface area contributed by atoms with Crippen LogP contribution in [0.3, 0.4) is 0 Å². The number of methoxy groups -OCH3 is 2. The van der Waals surface area contributed by atoms with E-state index in [0.717, 1.165) is 22.6 Å². The number of nitriles is 1. The molecule has 6 heteroatoms. The number of hydrogen-bond donors (Lipinski definition) is 1. The van der Waals surface area contributed by atoms with Crippen LogP contribution in [0.5, 0.6) is 17.2 Å². The second-order valence-electron chi connectivity index (χ2n) is 5.37. The fourth-order valence-electron chi connectivity index (χ4n) is 2.38. The maximum atomic E-state index is 9.68. The molecule has 0 unspecified atom stereocenters. The fraction of sp³-hybridized carbons (Fsp3) is 0.100.